The van der Waals surface area contributed by atoms with Crippen molar-refractivity contribution >= 4 is 5.91 Å². The number of hydrogen-bond donors (Lipinski definition) is 1. The van der Waals surface area contributed by atoms with Crippen molar-refractivity contribution in [2.45, 2.75) is 51.7 Å². The summed E-state index contributed by atoms with van der Waals surface area (Å²) in [6.07, 6.45) is 4.15. The van der Waals surface area contributed by atoms with Gasteiger partial charge in [0.1, 0.15) is 5.75 Å². The summed E-state index contributed by atoms with van der Waals surface area (Å²) in [6, 6.07) is 3.66. The zero-order chi connectivity index (χ0) is 17.6. The minimum absolute atomic E-state index is 0.0242. The van der Waals surface area contributed by atoms with E-state index in [0.717, 1.165) is 30.8 Å². The van der Waals surface area contributed by atoms with Crippen LogP contribution in [0.25, 0.3) is 0 Å². The van der Waals surface area contributed by atoms with E-state index in [0.29, 0.717) is 24.9 Å². The zero-order valence-corrected chi connectivity index (χ0v) is 15.1. The number of ether oxygens (including phenoxy) is 3. The highest BCUT2D eigenvalue weighted by atomic mass is 16.5. The van der Waals surface area contributed by atoms with E-state index in [1.54, 1.807) is 0 Å². The molecule has 1 amide bonds. The smallest absolute Gasteiger partial charge is 0.258 e. The molecule has 0 unspecified atom stereocenters. The molecule has 3 rings (SSSR count). The van der Waals surface area contributed by atoms with E-state index in [-0.39, 0.29) is 24.7 Å². The molecule has 6 heteroatoms. The van der Waals surface area contributed by atoms with Crippen LogP contribution in [0.1, 0.15) is 37.6 Å². The van der Waals surface area contributed by atoms with Crippen LogP contribution >= 0.6 is 0 Å². The number of pyridine rings is 1. The van der Waals surface area contributed by atoms with Crippen molar-refractivity contribution in [3.05, 3.63) is 23.5 Å². The highest BCUT2D eigenvalue weighted by Crippen LogP contribution is 2.30. The predicted molar refractivity (Wildman–Crippen MR) is 93.7 cm³/mol. The summed E-state index contributed by atoms with van der Waals surface area (Å²) < 4.78 is 17.2. The van der Waals surface area contributed by atoms with Gasteiger partial charge >= 0.3 is 0 Å². The Kier molecular flexibility index (Phi) is 6.26. The monoisotopic (exact) mass is 348 g/mol. The van der Waals surface area contributed by atoms with Crippen molar-refractivity contribution in [2.75, 3.05) is 26.4 Å². The average molecular weight is 348 g/mol. The number of nitrogens with one attached hydrogen (secondary N) is 1. The standard InChI is InChI=1S/C19H28N2O4/c1-3-15-17(7-4-13(2)20-15)25-12-19(22)21-16-11-23-9-8-18(16)24-10-14-5-6-14/h4,7,14,16,18H,3,5-6,8-12H2,1-2H3,(H,21,22)/t16-,18+/m1/s1. The minimum Gasteiger partial charge on any atom is -0.482 e. The summed E-state index contributed by atoms with van der Waals surface area (Å²) in [7, 11) is 0. The number of amides is 1. The number of rotatable bonds is 8. The fourth-order valence-electron chi connectivity index (χ4n) is 2.97. The van der Waals surface area contributed by atoms with Crippen molar-refractivity contribution in [1.82, 2.24) is 10.3 Å². The lowest BCUT2D eigenvalue weighted by Gasteiger charge is -2.32. The van der Waals surface area contributed by atoms with Gasteiger partial charge in [-0.1, -0.05) is 6.92 Å². The van der Waals surface area contributed by atoms with Gasteiger partial charge in [0.05, 0.1) is 24.4 Å². The van der Waals surface area contributed by atoms with Crippen LogP contribution < -0.4 is 10.1 Å². The molecule has 2 heterocycles. The normalized spacial score (nSPS) is 23.3. The Morgan fingerprint density at radius 3 is 2.96 bits per heavy atom. The van der Waals surface area contributed by atoms with Crippen LogP contribution in [0.2, 0.25) is 0 Å². The number of nitrogens with zero attached hydrogens (tertiary/aromatic N) is 1. The topological polar surface area (TPSA) is 69.7 Å². The van der Waals surface area contributed by atoms with E-state index < -0.39 is 0 Å². The van der Waals surface area contributed by atoms with Crippen molar-refractivity contribution in [3.8, 4) is 5.75 Å². The molecule has 138 valence electrons. The average Bonchev–Trinajstić information content (AvgIpc) is 3.44. The number of carbonyl (C=O) groups is 1. The SMILES string of the molecule is CCc1nc(C)ccc1OCC(=O)N[C@@H]1COCC[C@@H]1OCC1CC1. The van der Waals surface area contributed by atoms with E-state index in [4.69, 9.17) is 14.2 Å². The van der Waals surface area contributed by atoms with Gasteiger partial charge < -0.3 is 19.5 Å². The largest absolute Gasteiger partial charge is 0.482 e. The van der Waals surface area contributed by atoms with Crippen LogP contribution in [0.4, 0.5) is 0 Å². The highest BCUT2D eigenvalue weighted by molar-refractivity contribution is 5.78. The number of aryl methyl sites for hydroxylation is 2. The van der Waals surface area contributed by atoms with Crippen molar-refractivity contribution in [3.63, 3.8) is 0 Å². The van der Waals surface area contributed by atoms with Crippen LogP contribution in [0.15, 0.2) is 12.1 Å². The first kappa shape index (κ1) is 18.1. The summed E-state index contributed by atoms with van der Waals surface area (Å²) >= 11 is 0. The summed E-state index contributed by atoms with van der Waals surface area (Å²) in [5, 5.41) is 3.00. The second kappa shape index (κ2) is 8.63. The first-order valence-corrected chi connectivity index (χ1v) is 9.23. The minimum atomic E-state index is -0.154. The molecule has 1 aromatic heterocycles. The van der Waals surface area contributed by atoms with Gasteiger partial charge in [0, 0.05) is 18.9 Å². The van der Waals surface area contributed by atoms with E-state index in [1.807, 2.05) is 26.0 Å². The molecule has 2 fully saturated rings. The van der Waals surface area contributed by atoms with Crippen LogP contribution in [-0.4, -0.2) is 49.5 Å². The van der Waals surface area contributed by atoms with Gasteiger partial charge in [-0.2, -0.15) is 0 Å². The van der Waals surface area contributed by atoms with Crippen LogP contribution in [0.3, 0.4) is 0 Å². The highest BCUT2D eigenvalue weighted by Gasteiger charge is 2.30. The lowest BCUT2D eigenvalue weighted by atomic mass is 10.1. The Bertz CT molecular complexity index is 589. The molecule has 1 aromatic rings. The Balaban J connectivity index is 1.48. The van der Waals surface area contributed by atoms with Crippen LogP contribution in [0, 0.1) is 12.8 Å². The van der Waals surface area contributed by atoms with Gasteiger partial charge in [-0.05, 0) is 50.7 Å². The summed E-state index contributed by atoms with van der Waals surface area (Å²) in [6.45, 7) is 5.92. The maximum absolute atomic E-state index is 12.3. The number of carbonyl (C=O) groups excluding carboxylic acids is 1. The number of hydrogen-bond acceptors (Lipinski definition) is 5. The second-order valence-electron chi connectivity index (χ2n) is 6.89. The van der Waals surface area contributed by atoms with Crippen molar-refractivity contribution in [2.24, 2.45) is 5.92 Å². The second-order valence-corrected chi connectivity index (χ2v) is 6.89. The van der Waals surface area contributed by atoms with Gasteiger partial charge in [0.2, 0.25) is 0 Å². The number of aromatic nitrogens is 1. The molecule has 2 atom stereocenters. The van der Waals surface area contributed by atoms with E-state index in [1.165, 1.54) is 12.8 Å². The molecule has 0 bridgehead atoms. The summed E-state index contributed by atoms with van der Waals surface area (Å²) in [5.41, 5.74) is 1.82. The quantitative estimate of drug-likeness (QED) is 0.778. The molecule has 1 saturated carbocycles. The first-order valence-electron chi connectivity index (χ1n) is 9.23. The molecule has 1 aliphatic heterocycles. The Morgan fingerprint density at radius 1 is 1.36 bits per heavy atom. The fraction of sp³-hybridized carbons (Fsp3) is 0.684. The summed E-state index contributed by atoms with van der Waals surface area (Å²) in [4.78, 5) is 16.7. The van der Waals surface area contributed by atoms with Crippen LogP contribution in [-0.2, 0) is 20.7 Å². The Morgan fingerprint density at radius 2 is 2.20 bits per heavy atom. The fourth-order valence-corrected chi connectivity index (χ4v) is 2.97. The van der Waals surface area contributed by atoms with Gasteiger partial charge in [-0.15, -0.1) is 0 Å². The maximum Gasteiger partial charge on any atom is 0.258 e. The predicted octanol–water partition coefficient (Wildman–Crippen LogP) is 2.03. The summed E-state index contributed by atoms with van der Waals surface area (Å²) in [5.74, 6) is 1.23. The van der Waals surface area contributed by atoms with E-state index in [9.17, 15) is 4.79 Å². The molecule has 0 aromatic carbocycles. The van der Waals surface area contributed by atoms with E-state index in [2.05, 4.69) is 10.3 Å². The Hall–Kier alpha value is -1.66. The molecule has 25 heavy (non-hydrogen) atoms. The molecular weight excluding hydrogens is 320 g/mol. The molecule has 6 nitrogen and oxygen atoms in total. The molecule has 1 N–H and O–H groups in total. The molecular formula is C19H28N2O4. The lowest BCUT2D eigenvalue weighted by Crippen LogP contribution is -2.51. The van der Waals surface area contributed by atoms with Gasteiger partial charge in [0.15, 0.2) is 6.61 Å². The Labute approximate surface area is 149 Å². The molecule has 1 saturated heterocycles. The third-order valence-corrected chi connectivity index (χ3v) is 4.65. The van der Waals surface area contributed by atoms with Crippen molar-refractivity contribution < 1.29 is 19.0 Å². The molecule has 1 aliphatic carbocycles. The molecule has 0 radical (unpaired) electrons. The van der Waals surface area contributed by atoms with E-state index >= 15 is 0 Å². The molecule has 2 aliphatic rings. The maximum atomic E-state index is 12.3. The first-order chi connectivity index (χ1) is 12.2. The lowest BCUT2D eigenvalue weighted by molar-refractivity contribution is -0.128. The van der Waals surface area contributed by atoms with Crippen LogP contribution in [0.5, 0.6) is 5.75 Å². The third kappa shape index (κ3) is 5.41. The van der Waals surface area contributed by atoms with Gasteiger partial charge in [-0.25, -0.2) is 0 Å². The zero-order valence-electron chi connectivity index (χ0n) is 15.1. The third-order valence-electron chi connectivity index (χ3n) is 4.65. The molecule has 0 spiro atoms. The van der Waals surface area contributed by atoms with Crippen molar-refractivity contribution in [1.29, 1.82) is 0 Å². The van der Waals surface area contributed by atoms with Gasteiger partial charge in [0.25, 0.3) is 5.91 Å². The van der Waals surface area contributed by atoms with Gasteiger partial charge in [-0.3, -0.25) is 9.78 Å².